The van der Waals surface area contributed by atoms with Crippen LogP contribution in [0.25, 0.3) is 21.1 Å². The Balaban J connectivity index is 1.33. The number of thiophene rings is 1. The number of piperidine rings is 1. The van der Waals surface area contributed by atoms with Gasteiger partial charge < -0.3 is 10.5 Å². The lowest BCUT2D eigenvalue weighted by atomic mass is 9.95. The average molecular weight is 478 g/mol. The highest BCUT2D eigenvalue weighted by Gasteiger charge is 2.36. The van der Waals surface area contributed by atoms with Gasteiger partial charge in [-0.2, -0.15) is 5.10 Å². The van der Waals surface area contributed by atoms with Gasteiger partial charge in [0.1, 0.15) is 6.33 Å². The molecule has 2 atom stereocenters. The Labute approximate surface area is 200 Å². The van der Waals surface area contributed by atoms with Crippen molar-refractivity contribution in [3.63, 3.8) is 0 Å². The zero-order chi connectivity index (χ0) is 23.1. The fourth-order valence-corrected chi connectivity index (χ4v) is 6.46. The molecule has 2 unspecified atom stereocenters. The van der Waals surface area contributed by atoms with Crippen LogP contribution in [0.15, 0.2) is 43.0 Å². The van der Waals surface area contributed by atoms with Crippen LogP contribution in [0.5, 0.6) is 0 Å². The van der Waals surface area contributed by atoms with Gasteiger partial charge in [0.25, 0.3) is 0 Å². The molecule has 2 fully saturated rings. The monoisotopic (exact) mass is 477 g/mol. The fourth-order valence-electron chi connectivity index (χ4n) is 5.30. The summed E-state index contributed by atoms with van der Waals surface area (Å²) in [4.78, 5) is 26.7. The van der Waals surface area contributed by atoms with Crippen molar-refractivity contribution in [2.75, 3.05) is 32.8 Å². The average Bonchev–Trinajstić information content (AvgIpc) is 3.51. The predicted octanol–water partition coefficient (Wildman–Crippen LogP) is 2.84. The zero-order valence-corrected chi connectivity index (χ0v) is 19.6. The minimum Gasteiger partial charge on any atom is -0.371 e. The summed E-state index contributed by atoms with van der Waals surface area (Å²) in [7, 11) is 0. The number of rotatable bonds is 5. The number of ether oxygens (including phenoxy) is 1. The number of nitrogens with two attached hydrogens (primary N) is 1. The Morgan fingerprint density at radius 1 is 1.21 bits per heavy atom. The number of carbonyl (C=O) groups excluding carboxylic acids is 1. The molecule has 176 valence electrons. The van der Waals surface area contributed by atoms with Gasteiger partial charge in [-0.3, -0.25) is 19.7 Å². The molecule has 2 aliphatic heterocycles. The fraction of sp³-hybridized carbons (Fsp3) is 0.417. The molecule has 3 aromatic heterocycles. The van der Waals surface area contributed by atoms with E-state index in [9.17, 15) is 4.79 Å². The van der Waals surface area contributed by atoms with E-state index in [-0.39, 0.29) is 24.1 Å². The molecule has 3 N–H and O–H groups in total. The van der Waals surface area contributed by atoms with E-state index < -0.39 is 0 Å². The van der Waals surface area contributed by atoms with E-state index in [0.29, 0.717) is 6.61 Å². The number of carbonyl (C=O) groups is 1. The van der Waals surface area contributed by atoms with Gasteiger partial charge in [-0.15, -0.1) is 11.3 Å². The molecule has 9 nitrogen and oxygen atoms in total. The number of aromatic nitrogens is 4. The topological polar surface area (TPSA) is 113 Å². The Hall–Kier alpha value is -2.92. The van der Waals surface area contributed by atoms with Crippen molar-refractivity contribution in [3.05, 3.63) is 53.4 Å². The predicted molar refractivity (Wildman–Crippen MR) is 130 cm³/mol. The first-order valence-electron chi connectivity index (χ1n) is 11.7. The Morgan fingerprint density at radius 2 is 2.09 bits per heavy atom. The number of fused-ring (bicyclic) bond motifs is 2. The van der Waals surface area contributed by atoms with Crippen LogP contribution in [0.3, 0.4) is 0 Å². The Kier molecular flexibility index (Phi) is 5.74. The van der Waals surface area contributed by atoms with Gasteiger partial charge in [0.15, 0.2) is 0 Å². The normalized spacial score (nSPS) is 21.8. The van der Waals surface area contributed by atoms with Crippen LogP contribution in [-0.4, -0.2) is 68.7 Å². The molecule has 34 heavy (non-hydrogen) atoms. The van der Waals surface area contributed by atoms with Crippen LogP contribution in [-0.2, 0) is 9.53 Å². The smallest absolute Gasteiger partial charge is 0.220 e. The summed E-state index contributed by atoms with van der Waals surface area (Å²) in [6, 6.07) is 8.41. The number of nitrogens with zero attached hydrogens (tertiary/aromatic N) is 5. The molecule has 5 heterocycles. The summed E-state index contributed by atoms with van der Waals surface area (Å²) in [6.07, 6.45) is 6.98. The molecule has 0 bridgehead atoms. The van der Waals surface area contributed by atoms with Crippen LogP contribution >= 0.6 is 11.3 Å². The molecule has 1 aromatic carbocycles. The van der Waals surface area contributed by atoms with E-state index in [1.807, 2.05) is 18.5 Å². The maximum absolute atomic E-state index is 11.8. The number of hydrogen-bond acceptors (Lipinski definition) is 8. The highest BCUT2D eigenvalue weighted by Crippen LogP contribution is 2.39. The second kappa shape index (κ2) is 9.03. The van der Waals surface area contributed by atoms with E-state index >= 15 is 0 Å². The van der Waals surface area contributed by atoms with Crippen molar-refractivity contribution in [1.29, 1.82) is 0 Å². The molecule has 0 aliphatic carbocycles. The lowest BCUT2D eigenvalue weighted by Gasteiger charge is -2.45. The second-order valence-corrected chi connectivity index (χ2v) is 10.2. The number of benzene rings is 1. The van der Waals surface area contributed by atoms with Crippen molar-refractivity contribution in [3.8, 4) is 0 Å². The molecular formula is C24H27N7O2S. The standard InChI is InChI=1S/C24H27N7O2S/c25-23(32)15-4-6-30(7-5-15)24(21-10-19-22(34-21)12-26-14-27-19)31-8-9-33-20(13-31)16-2-1-3-18-17(16)11-28-29-18/h1-3,10-12,14-15,20,24H,4-9,13H2,(H2,25,32)(H,28,29). The van der Waals surface area contributed by atoms with E-state index in [1.165, 1.54) is 4.88 Å². The number of primary amides is 1. The van der Waals surface area contributed by atoms with Crippen molar-refractivity contribution < 1.29 is 9.53 Å². The highest BCUT2D eigenvalue weighted by atomic mass is 32.1. The summed E-state index contributed by atoms with van der Waals surface area (Å²) in [5, 5.41) is 8.39. The minimum atomic E-state index is -0.187. The Bertz CT molecular complexity index is 1280. The van der Waals surface area contributed by atoms with Crippen molar-refractivity contribution in [2.45, 2.75) is 25.1 Å². The van der Waals surface area contributed by atoms with Crippen molar-refractivity contribution >= 4 is 38.4 Å². The lowest BCUT2D eigenvalue weighted by Crippen LogP contribution is -2.50. The van der Waals surface area contributed by atoms with Crippen LogP contribution in [0.2, 0.25) is 0 Å². The molecule has 2 aliphatic rings. The van der Waals surface area contributed by atoms with Crippen LogP contribution in [0.4, 0.5) is 0 Å². The first-order chi connectivity index (χ1) is 16.7. The third kappa shape index (κ3) is 3.96. The molecule has 0 spiro atoms. The molecule has 10 heteroatoms. The number of amides is 1. The number of hydrogen-bond donors (Lipinski definition) is 2. The molecule has 0 saturated carbocycles. The number of morpholine rings is 1. The molecule has 6 rings (SSSR count). The molecule has 1 amide bonds. The SMILES string of the molecule is NC(=O)C1CCN(C(c2cc3ncncc3s2)N2CCOC(c3cccc4[nH]ncc34)C2)CC1. The third-order valence-corrected chi connectivity index (χ3v) is 8.15. The first-order valence-corrected chi connectivity index (χ1v) is 12.5. The van der Waals surface area contributed by atoms with Gasteiger partial charge in [0, 0.05) is 48.6 Å². The maximum Gasteiger partial charge on any atom is 0.220 e. The van der Waals surface area contributed by atoms with Gasteiger partial charge in [0.05, 0.1) is 40.8 Å². The Morgan fingerprint density at radius 3 is 2.91 bits per heavy atom. The maximum atomic E-state index is 11.8. The van der Waals surface area contributed by atoms with E-state index in [4.69, 9.17) is 10.5 Å². The molecular weight excluding hydrogens is 450 g/mol. The number of aromatic amines is 1. The minimum absolute atomic E-state index is 0.0405. The summed E-state index contributed by atoms with van der Waals surface area (Å²) < 4.78 is 7.36. The molecule has 4 aromatic rings. The third-order valence-electron chi connectivity index (χ3n) is 7.06. The van der Waals surface area contributed by atoms with E-state index in [1.54, 1.807) is 17.7 Å². The quantitative estimate of drug-likeness (QED) is 0.454. The summed E-state index contributed by atoms with van der Waals surface area (Å²) in [5.74, 6) is -0.228. The van der Waals surface area contributed by atoms with Gasteiger partial charge in [-0.1, -0.05) is 12.1 Å². The van der Waals surface area contributed by atoms with Crippen molar-refractivity contribution in [1.82, 2.24) is 30.0 Å². The van der Waals surface area contributed by atoms with Crippen molar-refractivity contribution in [2.24, 2.45) is 11.7 Å². The van der Waals surface area contributed by atoms with E-state index in [0.717, 1.165) is 65.7 Å². The van der Waals surface area contributed by atoms with E-state index in [2.05, 4.69) is 48.2 Å². The van der Waals surface area contributed by atoms with Crippen LogP contribution < -0.4 is 5.73 Å². The largest absolute Gasteiger partial charge is 0.371 e. The summed E-state index contributed by atoms with van der Waals surface area (Å²) in [6.45, 7) is 3.91. The highest BCUT2D eigenvalue weighted by molar-refractivity contribution is 7.19. The lowest BCUT2D eigenvalue weighted by molar-refractivity contribution is -0.124. The number of likely N-dealkylation sites (tertiary alicyclic amines) is 1. The van der Waals surface area contributed by atoms with Gasteiger partial charge in [-0.05, 0) is 30.5 Å². The van der Waals surface area contributed by atoms with Gasteiger partial charge in [-0.25, -0.2) is 9.97 Å². The number of H-pyrrole nitrogens is 1. The number of nitrogens with one attached hydrogen (secondary N) is 1. The van der Waals surface area contributed by atoms with Crippen LogP contribution in [0, 0.1) is 5.92 Å². The molecule has 0 radical (unpaired) electrons. The molecule has 2 saturated heterocycles. The van der Waals surface area contributed by atoms with Crippen LogP contribution in [0.1, 0.15) is 35.6 Å². The van der Waals surface area contributed by atoms with Gasteiger partial charge in [0.2, 0.25) is 5.91 Å². The summed E-state index contributed by atoms with van der Waals surface area (Å²) >= 11 is 1.74. The zero-order valence-electron chi connectivity index (χ0n) is 18.8. The second-order valence-electron chi connectivity index (χ2n) is 9.04. The van der Waals surface area contributed by atoms with Gasteiger partial charge >= 0.3 is 0 Å². The first kappa shape index (κ1) is 21.6. The summed E-state index contributed by atoms with van der Waals surface area (Å²) in [5.41, 5.74) is 8.76.